The molecule has 0 amide bonds. The van der Waals surface area contributed by atoms with E-state index in [9.17, 15) is 0 Å². The molecule has 4 aromatic carbocycles. The summed E-state index contributed by atoms with van der Waals surface area (Å²) in [6, 6.07) is 32.2. The Kier molecular flexibility index (Phi) is 6.67. The van der Waals surface area contributed by atoms with Gasteiger partial charge in [0, 0.05) is 59.7 Å². The van der Waals surface area contributed by atoms with Gasteiger partial charge in [0.05, 0.1) is 11.0 Å². The van der Waals surface area contributed by atoms with E-state index in [2.05, 4.69) is 149 Å². The maximum absolute atomic E-state index is 2.66. The van der Waals surface area contributed by atoms with Crippen molar-refractivity contribution in [2.45, 2.75) is 44.9 Å². The molecule has 0 N–H and O–H groups in total. The lowest BCUT2D eigenvalue weighted by atomic mass is 9.81. The second kappa shape index (κ2) is 11.6. The number of rotatable bonds is 4. The number of thiophene rings is 1. The zero-order valence-electron chi connectivity index (χ0n) is 28.6. The maximum Gasteiger partial charge on any atom is 0.0538 e. The van der Waals surface area contributed by atoms with Gasteiger partial charge in [0.2, 0.25) is 0 Å². The average Bonchev–Trinajstić information content (AvgIpc) is 3.85. The molecular weight excluding hydrogens is 637 g/mol. The maximum atomic E-state index is 2.66. The average molecular weight is 675 g/mol. The van der Waals surface area contributed by atoms with Crippen molar-refractivity contribution in [1.29, 1.82) is 0 Å². The largest absolute Gasteiger partial charge is 0.321 e. The zero-order chi connectivity index (χ0) is 33.5. The van der Waals surface area contributed by atoms with Gasteiger partial charge >= 0.3 is 0 Å². The minimum absolute atomic E-state index is 0.353. The number of hydrogen-bond acceptors (Lipinski definition) is 2. The quantitative estimate of drug-likeness (QED) is 0.181. The van der Waals surface area contributed by atoms with Gasteiger partial charge in [0.15, 0.2) is 0 Å². The van der Waals surface area contributed by atoms with Gasteiger partial charge in [0.1, 0.15) is 0 Å². The standard InChI is InChI=1S/C48H38N2S/c1-3-11-35(12-4-1)49-43-17-9-7-15-37(43)40-27-31(20-24-44(40)49)32-21-25-45-41(28-32)42-29-33(22-26-46(42)50(45)36-13-5-2-6-14-36)34-19-23-39-38-16-8-10-18-47(38)51-48(39)30-34/h1-3,5,7-11,13,15-21,23-25,27,29-30,41H,4,6,12,14,22,26,28H2. The molecule has 246 valence electrons. The Hall–Kier alpha value is -5.38. The molecule has 3 heteroatoms. The number of aromatic nitrogens is 1. The van der Waals surface area contributed by atoms with Crippen molar-refractivity contribution in [3.05, 3.63) is 173 Å². The van der Waals surface area contributed by atoms with Crippen LogP contribution in [0.25, 0.3) is 58.8 Å². The van der Waals surface area contributed by atoms with Gasteiger partial charge in [-0.2, -0.15) is 0 Å². The van der Waals surface area contributed by atoms with Crippen LogP contribution in [-0.2, 0) is 0 Å². The van der Waals surface area contributed by atoms with E-state index in [0.717, 1.165) is 44.9 Å². The Labute approximate surface area is 302 Å². The van der Waals surface area contributed by atoms with Gasteiger partial charge < -0.3 is 9.47 Å². The molecule has 4 aliphatic carbocycles. The Morgan fingerprint density at radius 1 is 0.569 bits per heavy atom. The molecule has 2 aromatic heterocycles. The molecule has 0 radical (unpaired) electrons. The molecule has 5 aliphatic rings. The molecular formula is C48H38N2S. The molecule has 0 bridgehead atoms. The van der Waals surface area contributed by atoms with Crippen LogP contribution in [0.1, 0.15) is 56.1 Å². The lowest BCUT2D eigenvalue weighted by molar-refractivity contribution is 0.474. The monoisotopic (exact) mass is 674 g/mol. The molecule has 0 saturated carbocycles. The third kappa shape index (κ3) is 4.61. The first-order chi connectivity index (χ1) is 25.3. The number of nitrogens with zero attached hydrogens (tertiary/aromatic N) is 2. The highest BCUT2D eigenvalue weighted by Crippen LogP contribution is 2.52. The van der Waals surface area contributed by atoms with Crippen LogP contribution >= 0.6 is 11.3 Å². The van der Waals surface area contributed by atoms with Crippen LogP contribution in [0.15, 0.2) is 162 Å². The lowest BCUT2D eigenvalue weighted by Gasteiger charge is -2.31. The Morgan fingerprint density at radius 2 is 1.31 bits per heavy atom. The minimum atomic E-state index is 0.353. The van der Waals surface area contributed by atoms with Crippen LogP contribution in [0.5, 0.6) is 0 Å². The summed E-state index contributed by atoms with van der Waals surface area (Å²) in [5, 5.41) is 5.43. The molecule has 6 aromatic rings. The summed E-state index contributed by atoms with van der Waals surface area (Å²) < 4.78 is 5.25. The topological polar surface area (TPSA) is 8.17 Å². The van der Waals surface area contributed by atoms with E-state index in [1.54, 1.807) is 0 Å². The molecule has 51 heavy (non-hydrogen) atoms. The first-order valence-corrected chi connectivity index (χ1v) is 19.4. The smallest absolute Gasteiger partial charge is 0.0538 e. The predicted octanol–water partition coefficient (Wildman–Crippen LogP) is 13.3. The van der Waals surface area contributed by atoms with Crippen LogP contribution in [-0.4, -0.2) is 9.47 Å². The number of para-hydroxylation sites is 1. The second-order valence-corrected chi connectivity index (χ2v) is 15.7. The van der Waals surface area contributed by atoms with Gasteiger partial charge in [-0.15, -0.1) is 11.3 Å². The predicted molar refractivity (Wildman–Crippen MR) is 218 cm³/mol. The van der Waals surface area contributed by atoms with E-state index >= 15 is 0 Å². The Morgan fingerprint density at radius 3 is 2.18 bits per heavy atom. The first kappa shape index (κ1) is 29.4. The summed E-state index contributed by atoms with van der Waals surface area (Å²) in [6.45, 7) is 0. The zero-order valence-corrected chi connectivity index (χ0v) is 29.4. The molecule has 3 heterocycles. The first-order valence-electron chi connectivity index (χ1n) is 18.6. The highest BCUT2D eigenvalue weighted by atomic mass is 32.1. The molecule has 11 rings (SSSR count). The highest BCUT2D eigenvalue weighted by molar-refractivity contribution is 7.25. The van der Waals surface area contributed by atoms with Gasteiger partial charge in [-0.3, -0.25) is 0 Å². The number of fused-ring (bicyclic) bond motifs is 8. The molecule has 0 fully saturated rings. The second-order valence-electron chi connectivity index (χ2n) is 14.6. The summed E-state index contributed by atoms with van der Waals surface area (Å²) in [5.74, 6) is 0.353. The molecule has 0 spiro atoms. The minimum Gasteiger partial charge on any atom is -0.321 e. The van der Waals surface area contributed by atoms with Crippen LogP contribution in [0.4, 0.5) is 0 Å². The summed E-state index contributed by atoms with van der Waals surface area (Å²) in [7, 11) is 0. The summed E-state index contributed by atoms with van der Waals surface area (Å²) in [6.07, 6.45) is 28.7. The third-order valence-electron chi connectivity index (χ3n) is 11.8. The molecule has 0 saturated heterocycles. The van der Waals surface area contributed by atoms with Crippen molar-refractivity contribution in [3.8, 4) is 0 Å². The van der Waals surface area contributed by atoms with Crippen LogP contribution < -0.4 is 0 Å². The van der Waals surface area contributed by atoms with Gasteiger partial charge in [-0.25, -0.2) is 0 Å². The molecule has 2 nitrogen and oxygen atoms in total. The third-order valence-corrected chi connectivity index (χ3v) is 12.9. The van der Waals surface area contributed by atoms with Crippen LogP contribution in [0.3, 0.4) is 0 Å². The van der Waals surface area contributed by atoms with Gasteiger partial charge in [0.25, 0.3) is 0 Å². The Bertz CT molecular complexity index is 2730. The van der Waals surface area contributed by atoms with Crippen molar-refractivity contribution >= 4 is 70.2 Å². The number of allylic oxidation sites excluding steroid dienone is 15. The van der Waals surface area contributed by atoms with E-state index in [1.165, 1.54) is 92.6 Å². The van der Waals surface area contributed by atoms with Crippen molar-refractivity contribution in [1.82, 2.24) is 9.47 Å². The van der Waals surface area contributed by atoms with Gasteiger partial charge in [-0.05, 0) is 121 Å². The fraction of sp³-hybridized carbons (Fsp3) is 0.167. The van der Waals surface area contributed by atoms with E-state index in [0.29, 0.717) is 5.92 Å². The van der Waals surface area contributed by atoms with E-state index in [4.69, 9.17) is 0 Å². The number of hydrogen-bond donors (Lipinski definition) is 0. The molecule has 1 aliphatic heterocycles. The summed E-state index contributed by atoms with van der Waals surface area (Å²) in [4.78, 5) is 2.66. The molecule has 1 unspecified atom stereocenters. The fourth-order valence-electron chi connectivity index (χ4n) is 9.37. The van der Waals surface area contributed by atoms with Crippen LogP contribution in [0, 0.1) is 5.92 Å². The van der Waals surface area contributed by atoms with Crippen LogP contribution in [0.2, 0.25) is 0 Å². The Balaban J connectivity index is 1.00. The fourth-order valence-corrected chi connectivity index (χ4v) is 10.5. The lowest BCUT2D eigenvalue weighted by Crippen LogP contribution is -2.21. The van der Waals surface area contributed by atoms with Gasteiger partial charge in [-0.1, -0.05) is 91.1 Å². The van der Waals surface area contributed by atoms with E-state index in [1.807, 2.05) is 11.3 Å². The molecule has 1 atom stereocenters. The van der Waals surface area contributed by atoms with Crippen molar-refractivity contribution < 1.29 is 0 Å². The summed E-state index contributed by atoms with van der Waals surface area (Å²) in [5.41, 5.74) is 15.6. The number of benzene rings is 4. The van der Waals surface area contributed by atoms with Crippen molar-refractivity contribution in [3.63, 3.8) is 0 Å². The van der Waals surface area contributed by atoms with E-state index < -0.39 is 0 Å². The normalized spacial score (nSPS) is 20.1. The summed E-state index contributed by atoms with van der Waals surface area (Å²) >= 11 is 1.92. The SMILES string of the molecule is C1=CCCC(N2C3=CC=C(c4ccc5c(c4)c4ccccc4n5C4=CC=CCC4)CC3C3=C2CCC(c2ccc4c(c2)sc2ccccc24)=C3)=C1. The van der Waals surface area contributed by atoms with Crippen molar-refractivity contribution in [2.24, 2.45) is 5.92 Å². The highest BCUT2D eigenvalue weighted by Gasteiger charge is 2.40. The van der Waals surface area contributed by atoms with Crippen molar-refractivity contribution in [2.75, 3.05) is 0 Å². The van der Waals surface area contributed by atoms with E-state index in [-0.39, 0.29) is 0 Å².